The number of likely N-dealkylation sites (tertiary alicyclic amines) is 1. The lowest BCUT2D eigenvalue weighted by atomic mass is 9.90. The Hall–Kier alpha value is -1.96. The van der Waals surface area contributed by atoms with Crippen LogP contribution in [0, 0.1) is 5.41 Å². The van der Waals surface area contributed by atoms with Crippen LogP contribution in [0.4, 0.5) is 13.2 Å². The number of rotatable bonds is 7. The number of nitrogens with two attached hydrogens (primary N) is 1. The molecule has 1 amide bonds. The average molecular weight is 374 g/mol. The van der Waals surface area contributed by atoms with Gasteiger partial charge in [-0.1, -0.05) is 13.0 Å². The van der Waals surface area contributed by atoms with Gasteiger partial charge in [-0.15, -0.1) is 0 Å². The number of ether oxygens (including phenoxy) is 2. The Morgan fingerprint density at radius 1 is 1.35 bits per heavy atom. The first-order valence-electron chi connectivity index (χ1n) is 8.50. The molecule has 5 nitrogen and oxygen atoms in total. The molecule has 1 heterocycles. The van der Waals surface area contributed by atoms with Crippen LogP contribution in [0.2, 0.25) is 0 Å². The Bertz CT molecular complexity index is 637. The van der Waals surface area contributed by atoms with Crippen LogP contribution in [-0.4, -0.2) is 50.3 Å². The van der Waals surface area contributed by atoms with E-state index < -0.39 is 12.8 Å². The fourth-order valence-corrected chi connectivity index (χ4v) is 2.96. The van der Waals surface area contributed by atoms with Crippen molar-refractivity contribution in [2.24, 2.45) is 11.1 Å². The number of alkyl halides is 3. The number of amides is 1. The second-order valence-electron chi connectivity index (χ2n) is 6.97. The van der Waals surface area contributed by atoms with E-state index >= 15 is 0 Å². The molecule has 0 radical (unpaired) electrons. The number of hydrogen-bond acceptors (Lipinski definition) is 4. The van der Waals surface area contributed by atoms with Crippen molar-refractivity contribution in [1.82, 2.24) is 4.90 Å². The molecule has 2 rings (SSSR count). The van der Waals surface area contributed by atoms with E-state index in [1.54, 1.807) is 12.1 Å². The predicted molar refractivity (Wildman–Crippen MR) is 91.2 cm³/mol. The molecule has 2 N–H and O–H groups in total. The number of carbonyl (C=O) groups is 1. The van der Waals surface area contributed by atoms with E-state index in [2.05, 4.69) is 6.92 Å². The Morgan fingerprint density at radius 3 is 2.65 bits per heavy atom. The maximum atomic E-state index is 12.4. The molecule has 0 spiro atoms. The summed E-state index contributed by atoms with van der Waals surface area (Å²) in [5.41, 5.74) is 6.54. The van der Waals surface area contributed by atoms with Crippen molar-refractivity contribution >= 4 is 5.91 Å². The largest absolute Gasteiger partial charge is 0.493 e. The summed E-state index contributed by atoms with van der Waals surface area (Å²) in [5, 5.41) is 0. The highest BCUT2D eigenvalue weighted by molar-refractivity contribution is 5.76. The zero-order valence-electron chi connectivity index (χ0n) is 15.1. The molecule has 1 aromatic rings. The SMILES string of the molecule is COc1cc(CCC(=O)N2CCC(C)(CN)C2)ccc1OCC(F)(F)F. The topological polar surface area (TPSA) is 64.8 Å². The average Bonchev–Trinajstić information content (AvgIpc) is 3.00. The Labute approximate surface area is 151 Å². The van der Waals surface area contributed by atoms with E-state index in [9.17, 15) is 18.0 Å². The zero-order chi connectivity index (χ0) is 19.4. The molecule has 1 saturated heterocycles. The number of halogens is 3. The molecular formula is C18H25F3N2O3. The third-order valence-corrected chi connectivity index (χ3v) is 4.65. The highest BCUT2D eigenvalue weighted by Crippen LogP contribution is 2.31. The molecule has 0 saturated carbocycles. The van der Waals surface area contributed by atoms with Gasteiger partial charge in [0.25, 0.3) is 0 Å². The molecule has 0 aromatic heterocycles. The molecule has 1 aromatic carbocycles. The second-order valence-corrected chi connectivity index (χ2v) is 6.97. The molecule has 1 fully saturated rings. The summed E-state index contributed by atoms with van der Waals surface area (Å²) in [5.74, 6) is 0.299. The number of carbonyl (C=O) groups excluding carboxylic acids is 1. The van der Waals surface area contributed by atoms with Crippen molar-refractivity contribution in [1.29, 1.82) is 0 Å². The smallest absolute Gasteiger partial charge is 0.422 e. The van der Waals surface area contributed by atoms with Gasteiger partial charge in [-0.2, -0.15) is 13.2 Å². The maximum absolute atomic E-state index is 12.4. The van der Waals surface area contributed by atoms with E-state index in [1.807, 2.05) is 4.90 Å². The minimum Gasteiger partial charge on any atom is -0.493 e. The van der Waals surface area contributed by atoms with E-state index in [0.29, 0.717) is 32.5 Å². The fraction of sp³-hybridized carbons (Fsp3) is 0.611. The van der Waals surface area contributed by atoms with Gasteiger partial charge in [-0.05, 0) is 42.5 Å². The molecule has 1 aliphatic rings. The van der Waals surface area contributed by atoms with Crippen LogP contribution in [0.15, 0.2) is 18.2 Å². The number of methoxy groups -OCH3 is 1. The van der Waals surface area contributed by atoms with Crippen molar-refractivity contribution in [3.8, 4) is 11.5 Å². The summed E-state index contributed by atoms with van der Waals surface area (Å²) in [7, 11) is 1.36. The first-order valence-corrected chi connectivity index (χ1v) is 8.50. The predicted octanol–water partition coefficient (Wildman–Crippen LogP) is 2.77. The minimum absolute atomic E-state index is 0.0175. The summed E-state index contributed by atoms with van der Waals surface area (Å²) in [6.07, 6.45) is -2.71. The lowest BCUT2D eigenvalue weighted by molar-refractivity contribution is -0.153. The maximum Gasteiger partial charge on any atom is 0.422 e. The summed E-state index contributed by atoms with van der Waals surface area (Å²) in [6.45, 7) is 2.62. The van der Waals surface area contributed by atoms with Gasteiger partial charge in [0, 0.05) is 19.5 Å². The van der Waals surface area contributed by atoms with E-state index in [4.69, 9.17) is 15.2 Å². The van der Waals surface area contributed by atoms with Gasteiger partial charge >= 0.3 is 6.18 Å². The van der Waals surface area contributed by atoms with Gasteiger partial charge in [0.1, 0.15) is 0 Å². The van der Waals surface area contributed by atoms with Gasteiger partial charge in [0.15, 0.2) is 18.1 Å². The van der Waals surface area contributed by atoms with E-state index in [-0.39, 0.29) is 22.8 Å². The Morgan fingerprint density at radius 2 is 2.08 bits per heavy atom. The normalized spacial score (nSPS) is 20.3. The van der Waals surface area contributed by atoms with Gasteiger partial charge in [0.2, 0.25) is 5.91 Å². The first-order chi connectivity index (χ1) is 12.2. The highest BCUT2D eigenvalue weighted by Gasteiger charge is 2.34. The summed E-state index contributed by atoms with van der Waals surface area (Å²) in [4.78, 5) is 14.2. The second kappa shape index (κ2) is 8.16. The monoisotopic (exact) mass is 374 g/mol. The third-order valence-electron chi connectivity index (χ3n) is 4.65. The van der Waals surface area contributed by atoms with Crippen LogP contribution >= 0.6 is 0 Å². The molecule has 8 heteroatoms. The zero-order valence-corrected chi connectivity index (χ0v) is 15.1. The summed E-state index contributed by atoms with van der Waals surface area (Å²) in [6, 6.07) is 4.69. The van der Waals surface area contributed by atoms with Crippen LogP contribution in [-0.2, 0) is 11.2 Å². The van der Waals surface area contributed by atoms with Crippen molar-refractivity contribution in [3.63, 3.8) is 0 Å². The summed E-state index contributed by atoms with van der Waals surface area (Å²) >= 11 is 0. The van der Waals surface area contributed by atoms with Crippen LogP contribution < -0.4 is 15.2 Å². The van der Waals surface area contributed by atoms with Crippen molar-refractivity contribution in [2.75, 3.05) is 33.4 Å². The molecule has 1 unspecified atom stereocenters. The number of hydrogen-bond donors (Lipinski definition) is 1. The van der Waals surface area contributed by atoms with Gasteiger partial charge in [-0.25, -0.2) is 0 Å². The fourth-order valence-electron chi connectivity index (χ4n) is 2.96. The molecule has 26 heavy (non-hydrogen) atoms. The number of benzene rings is 1. The van der Waals surface area contributed by atoms with Crippen molar-refractivity contribution in [3.05, 3.63) is 23.8 Å². The molecule has 1 atom stereocenters. The van der Waals surface area contributed by atoms with Crippen molar-refractivity contribution < 1.29 is 27.4 Å². The number of aryl methyl sites for hydroxylation is 1. The highest BCUT2D eigenvalue weighted by atomic mass is 19.4. The van der Waals surface area contributed by atoms with Crippen molar-refractivity contribution in [2.45, 2.75) is 32.4 Å². The van der Waals surface area contributed by atoms with Crippen LogP contribution in [0.3, 0.4) is 0 Å². The molecule has 1 aliphatic heterocycles. The van der Waals surface area contributed by atoms with Gasteiger partial charge in [-0.3, -0.25) is 4.79 Å². The quantitative estimate of drug-likeness (QED) is 0.797. The van der Waals surface area contributed by atoms with Crippen LogP contribution in [0.1, 0.15) is 25.3 Å². The Balaban J connectivity index is 1.92. The summed E-state index contributed by atoms with van der Waals surface area (Å²) < 4.78 is 46.7. The first kappa shape index (κ1) is 20.4. The van der Waals surface area contributed by atoms with Crippen LogP contribution in [0.25, 0.3) is 0 Å². The molecule has 146 valence electrons. The van der Waals surface area contributed by atoms with E-state index in [0.717, 1.165) is 12.0 Å². The molecular weight excluding hydrogens is 349 g/mol. The van der Waals surface area contributed by atoms with E-state index in [1.165, 1.54) is 13.2 Å². The Kier molecular flexibility index (Phi) is 6.39. The number of nitrogens with zero attached hydrogens (tertiary/aromatic N) is 1. The van der Waals surface area contributed by atoms with Gasteiger partial charge in [0.05, 0.1) is 7.11 Å². The molecule has 0 bridgehead atoms. The lowest BCUT2D eigenvalue weighted by Crippen LogP contribution is -2.34. The van der Waals surface area contributed by atoms with Gasteiger partial charge < -0.3 is 20.1 Å². The standard InChI is InChI=1S/C18H25F3N2O3/c1-17(10-22)7-8-23(11-17)16(24)6-4-13-3-5-14(15(9-13)25-2)26-12-18(19,20)21/h3,5,9H,4,6-8,10-12,22H2,1-2H3. The van der Waals surface area contributed by atoms with Crippen LogP contribution in [0.5, 0.6) is 11.5 Å². The third kappa shape index (κ3) is 5.52. The molecule has 0 aliphatic carbocycles. The minimum atomic E-state index is -4.41. The lowest BCUT2D eigenvalue weighted by Gasteiger charge is -2.22.